The molecule has 0 aromatic carbocycles. The van der Waals surface area contributed by atoms with Crippen molar-refractivity contribution in [1.82, 2.24) is 5.32 Å². The van der Waals surface area contributed by atoms with Gasteiger partial charge in [0, 0.05) is 6.42 Å². The van der Waals surface area contributed by atoms with Gasteiger partial charge in [-0.1, -0.05) is 226 Å². The smallest absolute Gasteiger partial charge is 0.220 e. The molecule has 1 saturated heterocycles. The zero-order chi connectivity index (χ0) is 50.1. The Hall–Kier alpha value is -3.15. The van der Waals surface area contributed by atoms with Crippen LogP contribution in [0.3, 0.4) is 0 Å². The minimum Gasteiger partial charge on any atom is -0.394 e. The number of allylic oxidation sites excluding steroid dienone is 17. The number of aliphatic hydroxyl groups is 5. The molecule has 7 unspecified atom stereocenters. The van der Waals surface area contributed by atoms with Crippen LogP contribution in [0.1, 0.15) is 206 Å². The summed E-state index contributed by atoms with van der Waals surface area (Å²) in [6.07, 6.45) is 64.2. The van der Waals surface area contributed by atoms with E-state index < -0.39 is 49.5 Å². The minimum absolute atomic E-state index is 0.213. The fourth-order valence-electron chi connectivity index (χ4n) is 7.99. The molecular formula is C60H101NO8. The first kappa shape index (κ1) is 63.9. The van der Waals surface area contributed by atoms with Gasteiger partial charge in [-0.2, -0.15) is 0 Å². The highest BCUT2D eigenvalue weighted by molar-refractivity contribution is 5.76. The zero-order valence-electron chi connectivity index (χ0n) is 43.5. The maximum absolute atomic E-state index is 13.0. The Morgan fingerprint density at radius 3 is 1.33 bits per heavy atom. The Morgan fingerprint density at radius 2 is 0.899 bits per heavy atom. The molecule has 1 rings (SSSR count). The average molecular weight is 964 g/mol. The second-order valence-electron chi connectivity index (χ2n) is 18.6. The molecular weight excluding hydrogens is 863 g/mol. The van der Waals surface area contributed by atoms with Crippen molar-refractivity contribution < 1.29 is 39.8 Å². The van der Waals surface area contributed by atoms with Crippen molar-refractivity contribution in [3.8, 4) is 0 Å². The Morgan fingerprint density at radius 1 is 0.507 bits per heavy atom. The third-order valence-electron chi connectivity index (χ3n) is 12.4. The van der Waals surface area contributed by atoms with Gasteiger partial charge >= 0.3 is 0 Å². The molecule has 1 amide bonds. The van der Waals surface area contributed by atoms with Crippen LogP contribution >= 0.6 is 0 Å². The number of nitrogens with one attached hydrogen (secondary N) is 1. The fraction of sp³-hybridized carbons (Fsp3) is 0.683. The number of carbonyl (C=O) groups is 1. The molecule has 0 bridgehead atoms. The Labute approximate surface area is 421 Å². The monoisotopic (exact) mass is 964 g/mol. The van der Waals surface area contributed by atoms with Crippen LogP contribution < -0.4 is 5.32 Å². The van der Waals surface area contributed by atoms with Crippen LogP contribution in [0.4, 0.5) is 0 Å². The van der Waals surface area contributed by atoms with Crippen LogP contribution in [-0.4, -0.2) is 87.5 Å². The number of hydrogen-bond donors (Lipinski definition) is 6. The molecule has 9 nitrogen and oxygen atoms in total. The first-order chi connectivity index (χ1) is 33.8. The minimum atomic E-state index is -1.58. The first-order valence-corrected chi connectivity index (χ1v) is 27.6. The summed E-state index contributed by atoms with van der Waals surface area (Å²) in [5.74, 6) is -0.223. The average Bonchev–Trinajstić information content (AvgIpc) is 3.35. The summed E-state index contributed by atoms with van der Waals surface area (Å²) in [5.41, 5.74) is 0. The molecule has 1 fully saturated rings. The van der Waals surface area contributed by atoms with Gasteiger partial charge in [-0.15, -0.1) is 0 Å². The Bertz CT molecular complexity index is 1440. The van der Waals surface area contributed by atoms with E-state index in [1.54, 1.807) is 6.08 Å². The van der Waals surface area contributed by atoms with Crippen molar-refractivity contribution in [3.05, 3.63) is 109 Å². The van der Waals surface area contributed by atoms with Gasteiger partial charge in [-0.25, -0.2) is 0 Å². The van der Waals surface area contributed by atoms with Gasteiger partial charge in [-0.3, -0.25) is 4.79 Å². The van der Waals surface area contributed by atoms with E-state index in [1.807, 2.05) is 6.08 Å². The van der Waals surface area contributed by atoms with Crippen LogP contribution in [0.25, 0.3) is 0 Å². The summed E-state index contributed by atoms with van der Waals surface area (Å²) in [6.45, 7) is 3.64. The van der Waals surface area contributed by atoms with Crippen LogP contribution in [-0.2, 0) is 14.3 Å². The van der Waals surface area contributed by atoms with Crippen molar-refractivity contribution in [3.63, 3.8) is 0 Å². The van der Waals surface area contributed by atoms with Crippen molar-refractivity contribution in [2.75, 3.05) is 13.2 Å². The van der Waals surface area contributed by atoms with Crippen LogP contribution in [0.15, 0.2) is 109 Å². The van der Waals surface area contributed by atoms with E-state index in [4.69, 9.17) is 9.47 Å². The van der Waals surface area contributed by atoms with Crippen LogP contribution in [0.5, 0.6) is 0 Å². The highest BCUT2D eigenvalue weighted by Crippen LogP contribution is 2.23. The van der Waals surface area contributed by atoms with Gasteiger partial charge < -0.3 is 40.3 Å². The molecule has 9 heteroatoms. The van der Waals surface area contributed by atoms with E-state index in [1.165, 1.54) is 96.3 Å². The lowest BCUT2D eigenvalue weighted by molar-refractivity contribution is -0.302. The largest absolute Gasteiger partial charge is 0.394 e. The molecule has 394 valence electrons. The molecule has 69 heavy (non-hydrogen) atoms. The lowest BCUT2D eigenvalue weighted by Crippen LogP contribution is -2.60. The highest BCUT2D eigenvalue weighted by Gasteiger charge is 2.44. The molecule has 0 saturated carbocycles. The molecule has 1 aliphatic heterocycles. The number of unbranched alkanes of at least 4 members (excludes halogenated alkanes) is 19. The van der Waals surface area contributed by atoms with Crippen LogP contribution in [0.2, 0.25) is 0 Å². The highest BCUT2D eigenvalue weighted by atomic mass is 16.7. The van der Waals surface area contributed by atoms with Gasteiger partial charge in [0.15, 0.2) is 6.29 Å². The zero-order valence-corrected chi connectivity index (χ0v) is 43.5. The summed E-state index contributed by atoms with van der Waals surface area (Å²) < 4.78 is 11.2. The lowest BCUT2D eigenvalue weighted by Gasteiger charge is -2.40. The molecule has 1 heterocycles. The van der Waals surface area contributed by atoms with Crippen molar-refractivity contribution in [2.24, 2.45) is 0 Å². The van der Waals surface area contributed by atoms with Crippen LogP contribution in [0, 0.1) is 0 Å². The van der Waals surface area contributed by atoms with Crippen molar-refractivity contribution in [2.45, 2.75) is 249 Å². The molecule has 6 N–H and O–H groups in total. The summed E-state index contributed by atoms with van der Waals surface area (Å²) in [7, 11) is 0. The van der Waals surface area contributed by atoms with Crippen molar-refractivity contribution >= 4 is 5.91 Å². The number of aliphatic hydroxyl groups excluding tert-OH is 5. The molecule has 0 aromatic heterocycles. The number of amides is 1. The molecule has 1 aliphatic rings. The second-order valence-corrected chi connectivity index (χ2v) is 18.6. The summed E-state index contributed by atoms with van der Waals surface area (Å²) in [4.78, 5) is 13.0. The van der Waals surface area contributed by atoms with E-state index >= 15 is 0 Å². The first-order valence-electron chi connectivity index (χ1n) is 27.6. The number of ether oxygens (including phenoxy) is 2. The van der Waals surface area contributed by atoms with Crippen molar-refractivity contribution in [1.29, 1.82) is 0 Å². The van der Waals surface area contributed by atoms with Gasteiger partial charge in [0.05, 0.1) is 25.4 Å². The Balaban J connectivity index is 2.32. The van der Waals surface area contributed by atoms with E-state index in [2.05, 4.69) is 116 Å². The number of hydrogen-bond acceptors (Lipinski definition) is 8. The second kappa shape index (κ2) is 48.5. The van der Waals surface area contributed by atoms with E-state index in [0.717, 1.165) is 83.5 Å². The van der Waals surface area contributed by atoms with E-state index in [9.17, 15) is 30.3 Å². The topological polar surface area (TPSA) is 149 Å². The predicted octanol–water partition coefficient (Wildman–Crippen LogP) is 13.4. The standard InChI is InChI=1S/C60H101NO8/c1-3-5-7-9-11-13-15-17-19-21-23-24-25-26-27-28-29-30-32-34-36-38-40-42-44-46-48-50-56(64)61-53(52-68-60-59(67)58(66)57(65)55(51-62)69-60)54(63)49-47-45-43-41-39-37-35-33-31-22-20-18-16-14-12-10-8-6-4-2/h5,7,11,13,17,19,23-24,26-27,29-30,34,36,40,42,47,49,53-55,57-60,62-63,65-67H,3-4,6,8-10,12,14-16,18,20-22,25,28,31-33,35,37-39,41,43-46,48,50-52H2,1-2H3,(H,61,64)/b7-5-,13-11-,19-17-,24-23-,27-26-,30-29-,36-34-,42-40-,49-47+. The van der Waals surface area contributed by atoms with Gasteiger partial charge in [-0.05, 0) is 83.5 Å². The quantitative estimate of drug-likeness (QED) is 0.0261. The maximum atomic E-state index is 13.0. The number of carbonyl (C=O) groups excluding carboxylic acids is 1. The van der Waals surface area contributed by atoms with E-state index in [-0.39, 0.29) is 18.9 Å². The Kier molecular flexibility index (Phi) is 44.9. The van der Waals surface area contributed by atoms with Gasteiger partial charge in [0.2, 0.25) is 5.91 Å². The molecule has 0 aromatic rings. The third-order valence-corrected chi connectivity index (χ3v) is 12.4. The third kappa shape index (κ3) is 38.2. The summed E-state index contributed by atoms with van der Waals surface area (Å²) in [5, 5.41) is 54.4. The number of rotatable bonds is 45. The fourth-order valence-corrected chi connectivity index (χ4v) is 7.99. The lowest BCUT2D eigenvalue weighted by atomic mass is 9.99. The molecule has 0 aliphatic carbocycles. The van der Waals surface area contributed by atoms with E-state index in [0.29, 0.717) is 6.42 Å². The molecule has 7 atom stereocenters. The SMILES string of the molecule is CC/C=C\C/C=C\C/C=C\C/C=C\C/C=C\C/C=C\C/C=C\C/C=C\CCCCC(=O)NC(COC1OC(CO)C(O)C(O)C1O)C(O)/C=C/CCCCCCCCCCCCCCCCCCC. The summed E-state index contributed by atoms with van der Waals surface area (Å²) in [6, 6.07) is -0.837. The summed E-state index contributed by atoms with van der Waals surface area (Å²) >= 11 is 0. The molecule has 0 spiro atoms. The maximum Gasteiger partial charge on any atom is 0.220 e. The van der Waals surface area contributed by atoms with Gasteiger partial charge in [0.25, 0.3) is 0 Å². The normalized spacial score (nSPS) is 20.4. The van der Waals surface area contributed by atoms with Gasteiger partial charge in [0.1, 0.15) is 24.4 Å². The molecule has 0 radical (unpaired) electrons. The predicted molar refractivity (Wildman–Crippen MR) is 290 cm³/mol.